The molecule has 27 heavy (non-hydrogen) atoms. The van der Waals surface area contributed by atoms with Crippen molar-refractivity contribution >= 4 is 17.8 Å². The highest BCUT2D eigenvalue weighted by Crippen LogP contribution is 2.03. The van der Waals surface area contributed by atoms with Crippen molar-refractivity contribution in [3.63, 3.8) is 0 Å². The first kappa shape index (κ1) is 22.6. The Morgan fingerprint density at radius 1 is 1.07 bits per heavy atom. The number of benzene rings is 1. The fourth-order valence-electron chi connectivity index (χ4n) is 2.17. The molecule has 0 saturated carbocycles. The van der Waals surface area contributed by atoms with E-state index in [1.165, 1.54) is 6.92 Å². The molecule has 150 valence electrons. The number of nitrogens with one attached hydrogen (secondary N) is 2. The zero-order valence-electron chi connectivity index (χ0n) is 15.9. The van der Waals surface area contributed by atoms with Crippen LogP contribution in [0, 0.1) is 0 Å². The molecule has 0 aromatic heterocycles. The van der Waals surface area contributed by atoms with E-state index in [9.17, 15) is 14.4 Å². The van der Waals surface area contributed by atoms with E-state index in [1.807, 2.05) is 30.3 Å². The van der Waals surface area contributed by atoms with Gasteiger partial charge in [0.2, 0.25) is 11.8 Å². The summed E-state index contributed by atoms with van der Waals surface area (Å²) in [6.45, 7) is 3.27. The van der Waals surface area contributed by atoms with E-state index in [2.05, 4.69) is 10.6 Å². The number of hydrogen-bond donors (Lipinski definition) is 2. The summed E-state index contributed by atoms with van der Waals surface area (Å²) in [7, 11) is 1.59. The predicted octanol–water partition coefficient (Wildman–Crippen LogP) is 0.794. The Balaban J connectivity index is 2.36. The van der Waals surface area contributed by atoms with Crippen LogP contribution in [-0.4, -0.2) is 57.3 Å². The lowest BCUT2D eigenvalue weighted by atomic mass is 10.2. The van der Waals surface area contributed by atoms with Crippen molar-refractivity contribution < 1.29 is 28.6 Å². The molecule has 2 N–H and O–H groups in total. The van der Waals surface area contributed by atoms with Gasteiger partial charge in [-0.05, 0) is 12.0 Å². The molecule has 1 atom stereocenters. The Morgan fingerprint density at radius 2 is 1.81 bits per heavy atom. The molecular weight excluding hydrogens is 352 g/mol. The normalized spacial score (nSPS) is 11.5. The molecular formula is C19H28N2O6. The van der Waals surface area contributed by atoms with Gasteiger partial charge in [-0.2, -0.15) is 0 Å². The number of carbonyl (C=O) groups is 3. The third-order valence-corrected chi connectivity index (χ3v) is 3.50. The molecule has 2 amide bonds. The standard InChI is InChI=1S/C19H28N2O6/c1-15(22)21-17(19(24)20-9-6-10-26-12-11-25-2)13-18(23)27-14-16-7-4-3-5-8-16/h3-5,7-8,17H,6,9-14H2,1-2H3,(H,20,24)(H,21,22). The molecule has 0 bridgehead atoms. The molecule has 1 unspecified atom stereocenters. The van der Waals surface area contributed by atoms with Crippen LogP contribution in [0.5, 0.6) is 0 Å². The molecule has 1 aromatic carbocycles. The summed E-state index contributed by atoms with van der Waals surface area (Å²) in [5.74, 6) is -1.39. The predicted molar refractivity (Wildman–Crippen MR) is 98.8 cm³/mol. The molecule has 1 aromatic rings. The summed E-state index contributed by atoms with van der Waals surface area (Å²) < 4.78 is 15.3. The average molecular weight is 380 g/mol. The Labute approximate surface area is 159 Å². The molecule has 0 aliphatic carbocycles. The number of methoxy groups -OCH3 is 1. The molecule has 1 rings (SSSR count). The number of amides is 2. The average Bonchev–Trinajstić information content (AvgIpc) is 2.65. The molecule has 0 saturated heterocycles. The van der Waals surface area contributed by atoms with E-state index in [-0.39, 0.29) is 13.0 Å². The van der Waals surface area contributed by atoms with Gasteiger partial charge in [-0.3, -0.25) is 14.4 Å². The molecule has 8 nitrogen and oxygen atoms in total. The van der Waals surface area contributed by atoms with Gasteiger partial charge < -0.3 is 24.8 Å². The van der Waals surface area contributed by atoms with Crippen molar-refractivity contribution in [3.8, 4) is 0 Å². The zero-order chi connectivity index (χ0) is 19.9. The highest BCUT2D eigenvalue weighted by Gasteiger charge is 2.23. The third-order valence-electron chi connectivity index (χ3n) is 3.50. The molecule has 0 spiro atoms. The first-order chi connectivity index (χ1) is 13.0. The Morgan fingerprint density at radius 3 is 2.48 bits per heavy atom. The second kappa shape index (κ2) is 13.7. The summed E-state index contributed by atoms with van der Waals surface area (Å²) in [6.07, 6.45) is 0.378. The minimum atomic E-state index is -0.972. The summed E-state index contributed by atoms with van der Waals surface area (Å²) in [4.78, 5) is 35.6. The van der Waals surface area contributed by atoms with Gasteiger partial charge in [0.1, 0.15) is 12.6 Å². The SMILES string of the molecule is COCCOCCCNC(=O)C(CC(=O)OCc1ccccc1)NC(C)=O. The van der Waals surface area contributed by atoms with E-state index < -0.39 is 23.8 Å². The maximum Gasteiger partial charge on any atom is 0.308 e. The van der Waals surface area contributed by atoms with E-state index in [0.29, 0.717) is 32.8 Å². The Kier molecular flexibility index (Phi) is 11.5. The number of carbonyl (C=O) groups excluding carboxylic acids is 3. The van der Waals surface area contributed by atoms with Crippen LogP contribution in [-0.2, 0) is 35.2 Å². The van der Waals surface area contributed by atoms with Crippen LogP contribution in [0.4, 0.5) is 0 Å². The van der Waals surface area contributed by atoms with Gasteiger partial charge in [-0.15, -0.1) is 0 Å². The van der Waals surface area contributed by atoms with Gasteiger partial charge in [0.05, 0.1) is 19.6 Å². The van der Waals surface area contributed by atoms with Crippen molar-refractivity contribution in [1.29, 1.82) is 0 Å². The van der Waals surface area contributed by atoms with Crippen molar-refractivity contribution in [2.24, 2.45) is 0 Å². The quantitative estimate of drug-likeness (QED) is 0.387. The lowest BCUT2D eigenvalue weighted by Gasteiger charge is -2.17. The van der Waals surface area contributed by atoms with Gasteiger partial charge in [-0.1, -0.05) is 30.3 Å². The van der Waals surface area contributed by atoms with Crippen molar-refractivity contribution in [1.82, 2.24) is 10.6 Å². The minimum Gasteiger partial charge on any atom is -0.461 e. The number of esters is 1. The van der Waals surface area contributed by atoms with Crippen LogP contribution in [0.2, 0.25) is 0 Å². The van der Waals surface area contributed by atoms with E-state index in [1.54, 1.807) is 7.11 Å². The maximum absolute atomic E-state index is 12.2. The van der Waals surface area contributed by atoms with E-state index in [4.69, 9.17) is 14.2 Å². The van der Waals surface area contributed by atoms with Crippen molar-refractivity contribution in [2.45, 2.75) is 32.4 Å². The Bertz CT molecular complexity index is 579. The largest absolute Gasteiger partial charge is 0.461 e. The summed E-state index contributed by atoms with van der Waals surface area (Å²) in [5, 5.41) is 5.16. The van der Waals surface area contributed by atoms with Crippen LogP contribution in [0.25, 0.3) is 0 Å². The smallest absolute Gasteiger partial charge is 0.308 e. The second-order valence-electron chi connectivity index (χ2n) is 5.85. The highest BCUT2D eigenvalue weighted by atomic mass is 16.5. The molecule has 0 radical (unpaired) electrons. The van der Waals surface area contributed by atoms with E-state index >= 15 is 0 Å². The van der Waals surface area contributed by atoms with Gasteiger partial charge >= 0.3 is 5.97 Å². The van der Waals surface area contributed by atoms with Gasteiger partial charge in [0, 0.05) is 27.2 Å². The van der Waals surface area contributed by atoms with Crippen LogP contribution in [0.1, 0.15) is 25.3 Å². The molecule has 8 heteroatoms. The monoisotopic (exact) mass is 380 g/mol. The number of hydrogen-bond acceptors (Lipinski definition) is 6. The first-order valence-corrected chi connectivity index (χ1v) is 8.84. The van der Waals surface area contributed by atoms with Gasteiger partial charge in [0.25, 0.3) is 0 Å². The topological polar surface area (TPSA) is 103 Å². The third kappa shape index (κ3) is 11.0. The zero-order valence-corrected chi connectivity index (χ0v) is 15.9. The molecule has 0 fully saturated rings. The van der Waals surface area contributed by atoms with Gasteiger partial charge in [0.15, 0.2) is 0 Å². The van der Waals surface area contributed by atoms with Crippen LogP contribution >= 0.6 is 0 Å². The molecule has 0 aliphatic rings. The Hall–Kier alpha value is -2.45. The second-order valence-corrected chi connectivity index (χ2v) is 5.85. The van der Waals surface area contributed by atoms with Crippen molar-refractivity contribution in [3.05, 3.63) is 35.9 Å². The highest BCUT2D eigenvalue weighted by molar-refractivity contribution is 5.90. The lowest BCUT2D eigenvalue weighted by molar-refractivity contribution is -0.147. The minimum absolute atomic E-state index is 0.118. The van der Waals surface area contributed by atoms with Crippen molar-refractivity contribution in [2.75, 3.05) is 33.5 Å². The maximum atomic E-state index is 12.2. The van der Waals surface area contributed by atoms with Crippen LogP contribution < -0.4 is 10.6 Å². The lowest BCUT2D eigenvalue weighted by Crippen LogP contribution is -2.47. The molecule has 0 aliphatic heterocycles. The van der Waals surface area contributed by atoms with Crippen LogP contribution in [0.3, 0.4) is 0 Å². The van der Waals surface area contributed by atoms with Crippen LogP contribution in [0.15, 0.2) is 30.3 Å². The van der Waals surface area contributed by atoms with Gasteiger partial charge in [-0.25, -0.2) is 0 Å². The summed E-state index contributed by atoms with van der Waals surface area (Å²) in [6, 6.07) is 8.25. The summed E-state index contributed by atoms with van der Waals surface area (Å²) >= 11 is 0. The first-order valence-electron chi connectivity index (χ1n) is 8.84. The fourth-order valence-corrected chi connectivity index (χ4v) is 2.17. The summed E-state index contributed by atoms with van der Waals surface area (Å²) in [5.41, 5.74) is 0.847. The molecule has 0 heterocycles. The fraction of sp³-hybridized carbons (Fsp3) is 0.526. The van der Waals surface area contributed by atoms with E-state index in [0.717, 1.165) is 5.56 Å². The number of ether oxygens (including phenoxy) is 3. The number of rotatable bonds is 13.